The lowest BCUT2D eigenvalue weighted by molar-refractivity contribution is -0.0507. The minimum atomic E-state index is -3.13. The second-order valence-electron chi connectivity index (χ2n) is 14.1. The molecule has 256 valence electrons. The van der Waals surface area contributed by atoms with E-state index in [9.17, 15) is 13.6 Å². The highest BCUT2D eigenvalue weighted by Crippen LogP contribution is 2.50. The lowest BCUT2D eigenvalue weighted by atomic mass is 9.97. The van der Waals surface area contributed by atoms with Gasteiger partial charge in [-0.05, 0) is 52.2 Å². The SMILES string of the molecule is [2H]C([2H])([2H])N1C(=O)c2cccc(OC(F)F)c2[C@H]2C[C@@H]1c1nc3ccc(C#CC(C)CCO[Si](c4ccccc4)(c4ccccc4)C(C)(C)C)cc3n12. The molecule has 4 aromatic carbocycles. The lowest BCUT2D eigenvalue weighted by Crippen LogP contribution is -2.66. The maximum absolute atomic E-state index is 13.7. The molecular formula is C41H41F2N3O3Si. The van der Waals surface area contributed by atoms with Gasteiger partial charge in [0.15, 0.2) is 0 Å². The Hall–Kier alpha value is -4.78. The Balaban J connectivity index is 1.19. The van der Waals surface area contributed by atoms with Gasteiger partial charge < -0.3 is 18.6 Å². The van der Waals surface area contributed by atoms with Crippen LogP contribution in [0.15, 0.2) is 97.1 Å². The highest BCUT2D eigenvalue weighted by atomic mass is 28.4. The maximum atomic E-state index is 13.7. The number of fused-ring (bicyclic) bond motifs is 9. The van der Waals surface area contributed by atoms with Crippen molar-refractivity contribution < 1.29 is 26.9 Å². The van der Waals surface area contributed by atoms with Gasteiger partial charge in [-0.15, -0.1) is 0 Å². The molecule has 0 radical (unpaired) electrons. The van der Waals surface area contributed by atoms with Crippen molar-refractivity contribution >= 4 is 35.6 Å². The van der Waals surface area contributed by atoms with Crippen molar-refractivity contribution in [2.45, 2.75) is 64.3 Å². The van der Waals surface area contributed by atoms with Crippen molar-refractivity contribution in [3.05, 3.63) is 120 Å². The van der Waals surface area contributed by atoms with Crippen LogP contribution in [0.3, 0.4) is 0 Å². The Morgan fingerprint density at radius 2 is 1.68 bits per heavy atom. The van der Waals surface area contributed by atoms with Crippen LogP contribution < -0.4 is 15.1 Å². The molecule has 0 fully saturated rings. The summed E-state index contributed by atoms with van der Waals surface area (Å²) in [6.45, 7) is 3.44. The molecule has 3 heterocycles. The predicted octanol–water partition coefficient (Wildman–Crippen LogP) is 7.71. The van der Waals surface area contributed by atoms with Gasteiger partial charge in [-0.3, -0.25) is 4.79 Å². The van der Waals surface area contributed by atoms with E-state index >= 15 is 0 Å². The lowest BCUT2D eigenvalue weighted by Gasteiger charge is -2.43. The molecule has 1 aromatic heterocycles. The smallest absolute Gasteiger partial charge is 0.387 e. The highest BCUT2D eigenvalue weighted by Gasteiger charge is 2.50. The molecule has 0 saturated heterocycles. The van der Waals surface area contributed by atoms with Gasteiger partial charge >= 0.3 is 6.61 Å². The molecule has 1 unspecified atom stereocenters. The number of hydrogen-bond donors (Lipinski definition) is 0. The summed E-state index contributed by atoms with van der Waals surface area (Å²) in [4.78, 5) is 19.3. The summed E-state index contributed by atoms with van der Waals surface area (Å²) in [6.07, 6.45) is 0.867. The van der Waals surface area contributed by atoms with Crippen LogP contribution >= 0.6 is 0 Å². The van der Waals surface area contributed by atoms with Crippen molar-refractivity contribution in [1.29, 1.82) is 0 Å². The van der Waals surface area contributed by atoms with E-state index < -0.39 is 39.9 Å². The Morgan fingerprint density at radius 3 is 2.32 bits per heavy atom. The molecule has 9 heteroatoms. The van der Waals surface area contributed by atoms with Crippen molar-refractivity contribution in [3.8, 4) is 17.6 Å². The third-order valence-corrected chi connectivity index (χ3v) is 14.9. The molecule has 0 saturated carbocycles. The fourth-order valence-electron chi connectivity index (χ4n) is 7.62. The largest absolute Gasteiger partial charge is 0.434 e. The van der Waals surface area contributed by atoms with Crippen LogP contribution in [-0.2, 0) is 4.43 Å². The van der Waals surface area contributed by atoms with Gasteiger partial charge in [-0.2, -0.15) is 8.78 Å². The summed E-state index contributed by atoms with van der Waals surface area (Å²) in [5.74, 6) is 6.15. The third-order valence-electron chi connectivity index (χ3n) is 9.90. The van der Waals surface area contributed by atoms with Gasteiger partial charge in [0.2, 0.25) is 0 Å². The number of imidazole rings is 1. The number of aromatic nitrogens is 2. The van der Waals surface area contributed by atoms with Crippen LogP contribution in [0.4, 0.5) is 8.78 Å². The number of halogens is 2. The Labute approximate surface area is 297 Å². The molecule has 0 N–H and O–H groups in total. The first-order valence-electron chi connectivity index (χ1n) is 18.4. The van der Waals surface area contributed by atoms with E-state index in [1.807, 2.05) is 34.9 Å². The molecule has 5 aromatic rings. The number of nitrogens with zero attached hydrogens (tertiary/aromatic N) is 3. The molecule has 2 aliphatic heterocycles. The molecule has 6 nitrogen and oxygen atoms in total. The van der Waals surface area contributed by atoms with Crippen LogP contribution in [0.2, 0.25) is 5.04 Å². The van der Waals surface area contributed by atoms with Crippen LogP contribution in [-0.4, -0.2) is 48.9 Å². The average Bonchev–Trinajstić information content (AvgIpc) is 3.61. The minimum absolute atomic E-state index is 0.00239. The summed E-state index contributed by atoms with van der Waals surface area (Å²) in [5.41, 5.74) is 2.21. The fraction of sp³-hybridized carbons (Fsp3) is 0.317. The van der Waals surface area contributed by atoms with Gasteiger partial charge in [0, 0.05) is 46.7 Å². The van der Waals surface area contributed by atoms with E-state index in [-0.39, 0.29) is 34.3 Å². The number of benzene rings is 4. The summed E-state index contributed by atoms with van der Waals surface area (Å²) in [5, 5.41) is 2.31. The summed E-state index contributed by atoms with van der Waals surface area (Å²) in [7, 11) is -2.68. The van der Waals surface area contributed by atoms with Gasteiger partial charge in [0.25, 0.3) is 14.2 Å². The van der Waals surface area contributed by atoms with Gasteiger partial charge in [-0.25, -0.2) is 4.98 Å². The zero-order chi connectivity index (χ0) is 37.7. The van der Waals surface area contributed by atoms with E-state index in [1.165, 1.54) is 28.6 Å². The molecule has 0 spiro atoms. The molecule has 1 amide bonds. The van der Waals surface area contributed by atoms with Crippen LogP contribution in [0.5, 0.6) is 5.75 Å². The Bertz CT molecular complexity index is 2170. The Kier molecular flexibility index (Phi) is 7.92. The topological polar surface area (TPSA) is 56.6 Å². The average molecular weight is 693 g/mol. The van der Waals surface area contributed by atoms with E-state index in [2.05, 4.69) is 88.1 Å². The van der Waals surface area contributed by atoms with E-state index in [1.54, 1.807) is 0 Å². The van der Waals surface area contributed by atoms with E-state index in [4.69, 9.17) is 18.3 Å². The molecular weight excluding hydrogens is 649 g/mol. The van der Waals surface area contributed by atoms with Gasteiger partial charge in [0.1, 0.15) is 11.6 Å². The molecule has 50 heavy (non-hydrogen) atoms. The van der Waals surface area contributed by atoms with Crippen molar-refractivity contribution in [2.75, 3.05) is 13.6 Å². The molecule has 7 rings (SSSR count). The number of rotatable bonds is 8. The standard InChI is InChI=1S/C41H41F2N3O3Si/c1-27(23-24-48-50(41(2,3)4,29-13-8-6-9-14-29)30-15-10-7-11-16-30)19-20-28-21-22-32-33(25-28)46-34-26-35(38(46)44-32)45(5)39(47)31-17-12-18-36(37(31)34)49-40(42)43/h6-18,21-22,25,27,34-35,40H,23-24,26H2,1-5H3/t27?,34-,35-/m1/s1/i5D3. The molecule has 2 aliphatic rings. The normalized spacial score (nSPS) is 18.7. The van der Waals surface area contributed by atoms with Crippen LogP contribution in [0.25, 0.3) is 11.0 Å². The van der Waals surface area contributed by atoms with Crippen LogP contribution in [0.1, 0.15) is 84.0 Å². The number of alkyl halides is 2. The van der Waals surface area contributed by atoms with Gasteiger partial charge in [-0.1, -0.05) is 106 Å². The molecule has 2 bridgehead atoms. The first kappa shape index (κ1) is 30.1. The Morgan fingerprint density at radius 1 is 0.980 bits per heavy atom. The zero-order valence-electron chi connectivity index (χ0n) is 31.5. The maximum Gasteiger partial charge on any atom is 0.387 e. The second-order valence-corrected chi connectivity index (χ2v) is 18.4. The predicted molar refractivity (Wildman–Crippen MR) is 195 cm³/mol. The van der Waals surface area contributed by atoms with Crippen molar-refractivity contribution in [2.24, 2.45) is 5.92 Å². The summed E-state index contributed by atoms with van der Waals surface area (Å²) in [6, 6.07) is 29.3. The van der Waals surface area contributed by atoms with Crippen molar-refractivity contribution in [3.63, 3.8) is 0 Å². The number of carbonyl (C=O) groups is 1. The van der Waals surface area contributed by atoms with Gasteiger partial charge in [0.05, 0.1) is 23.1 Å². The highest BCUT2D eigenvalue weighted by molar-refractivity contribution is 6.99. The van der Waals surface area contributed by atoms with E-state index in [0.717, 1.165) is 10.5 Å². The quantitative estimate of drug-likeness (QED) is 0.124. The summed E-state index contributed by atoms with van der Waals surface area (Å²) >= 11 is 0. The van der Waals surface area contributed by atoms with E-state index in [0.29, 0.717) is 29.9 Å². The minimum Gasteiger partial charge on any atom is -0.434 e. The molecule has 3 atom stereocenters. The number of ether oxygens (including phenoxy) is 1. The summed E-state index contributed by atoms with van der Waals surface area (Å²) < 4.78 is 65.7. The third kappa shape index (κ3) is 5.80. The number of hydrogen-bond acceptors (Lipinski definition) is 4. The van der Waals surface area contributed by atoms with Crippen molar-refractivity contribution in [1.82, 2.24) is 14.5 Å². The first-order valence-corrected chi connectivity index (χ1v) is 18.8. The monoisotopic (exact) mass is 692 g/mol. The fourth-order valence-corrected chi connectivity index (χ4v) is 12.2. The molecule has 0 aliphatic carbocycles. The first-order chi connectivity index (χ1) is 25.2. The second kappa shape index (κ2) is 13.2. The number of amides is 1. The number of carbonyl (C=O) groups excluding carboxylic acids is 1. The van der Waals surface area contributed by atoms with Crippen LogP contribution in [0, 0.1) is 17.8 Å². The zero-order valence-corrected chi connectivity index (χ0v) is 29.5.